The van der Waals surface area contributed by atoms with Crippen molar-refractivity contribution in [3.63, 3.8) is 0 Å². The fourth-order valence-corrected chi connectivity index (χ4v) is 2.93. The van der Waals surface area contributed by atoms with Crippen LogP contribution in [0, 0.1) is 6.92 Å². The van der Waals surface area contributed by atoms with Gasteiger partial charge in [0.15, 0.2) is 0 Å². The summed E-state index contributed by atoms with van der Waals surface area (Å²) >= 11 is 0. The number of rotatable bonds is 6. The number of sulfonamides is 1. The van der Waals surface area contributed by atoms with E-state index in [1.807, 2.05) is 0 Å². The fraction of sp³-hybridized carbons (Fsp3) is 0.500. The molecular weight excluding hydrogens is 300 g/mol. The Morgan fingerprint density at radius 3 is 2.43 bits per heavy atom. The van der Waals surface area contributed by atoms with E-state index < -0.39 is 27.7 Å². The molecule has 0 aliphatic heterocycles. The van der Waals surface area contributed by atoms with Crippen LogP contribution in [0.3, 0.4) is 0 Å². The molecule has 1 rings (SSSR count). The van der Waals surface area contributed by atoms with Crippen LogP contribution < -0.4 is 5.32 Å². The molecule has 8 nitrogen and oxygen atoms in total. The first-order valence-corrected chi connectivity index (χ1v) is 7.59. The fourth-order valence-electron chi connectivity index (χ4n) is 1.65. The van der Waals surface area contributed by atoms with Gasteiger partial charge in [-0.3, -0.25) is 4.79 Å². The number of aromatic carboxylic acids is 1. The first-order chi connectivity index (χ1) is 9.55. The van der Waals surface area contributed by atoms with E-state index in [-0.39, 0.29) is 23.2 Å². The molecule has 1 amide bonds. The lowest BCUT2D eigenvalue weighted by Gasteiger charge is -2.17. The molecule has 9 heteroatoms. The minimum absolute atomic E-state index is 0.0384. The van der Waals surface area contributed by atoms with Gasteiger partial charge in [0, 0.05) is 19.2 Å². The maximum atomic E-state index is 12.3. The van der Waals surface area contributed by atoms with Crippen LogP contribution in [-0.2, 0) is 14.8 Å². The molecule has 1 aromatic rings. The molecular formula is C12H18N2O6S. The van der Waals surface area contributed by atoms with E-state index in [9.17, 15) is 18.0 Å². The number of amides is 1. The summed E-state index contributed by atoms with van der Waals surface area (Å²) < 4.78 is 30.3. The molecule has 0 fully saturated rings. The van der Waals surface area contributed by atoms with Crippen molar-refractivity contribution in [3.8, 4) is 0 Å². The number of nitrogens with zero attached hydrogens (tertiary/aromatic N) is 1. The van der Waals surface area contributed by atoms with Crippen molar-refractivity contribution in [1.29, 1.82) is 0 Å². The second-order valence-electron chi connectivity index (χ2n) is 4.82. The summed E-state index contributed by atoms with van der Waals surface area (Å²) in [5.41, 5.74) is 0. The predicted octanol–water partition coefficient (Wildman–Crippen LogP) is 0.431. The van der Waals surface area contributed by atoms with Gasteiger partial charge in [-0.25, -0.2) is 13.2 Å². The molecule has 118 valence electrons. The Kier molecular flexibility index (Phi) is 5.13. The third kappa shape index (κ3) is 4.05. The lowest BCUT2D eigenvalue weighted by molar-refractivity contribution is -0.121. The highest BCUT2D eigenvalue weighted by Gasteiger charge is 2.29. The SMILES string of the molecule is Cc1oc(C(=O)O)cc1S(=O)(=O)N(C)CC(=O)NC(C)C. The normalized spacial score (nSPS) is 11.9. The van der Waals surface area contributed by atoms with Gasteiger partial charge in [0.1, 0.15) is 10.7 Å². The quantitative estimate of drug-likeness (QED) is 0.785. The van der Waals surface area contributed by atoms with Crippen molar-refractivity contribution in [3.05, 3.63) is 17.6 Å². The van der Waals surface area contributed by atoms with E-state index in [0.29, 0.717) is 0 Å². The number of hydrogen-bond acceptors (Lipinski definition) is 5. The number of likely N-dealkylation sites (N-methyl/N-ethyl adjacent to an activating group) is 1. The topological polar surface area (TPSA) is 117 Å². The standard InChI is InChI=1S/C12H18N2O6S/c1-7(2)13-11(15)6-14(4)21(18,19)10-5-9(12(16)17)20-8(10)3/h5,7H,6H2,1-4H3,(H,13,15)(H,16,17). The summed E-state index contributed by atoms with van der Waals surface area (Å²) in [6.45, 7) is 4.49. The third-order valence-electron chi connectivity index (χ3n) is 2.59. The van der Waals surface area contributed by atoms with Gasteiger partial charge in [-0.05, 0) is 20.8 Å². The highest BCUT2D eigenvalue weighted by molar-refractivity contribution is 7.89. The van der Waals surface area contributed by atoms with Crippen LogP contribution in [0.15, 0.2) is 15.4 Å². The Labute approximate surface area is 122 Å². The van der Waals surface area contributed by atoms with Gasteiger partial charge in [-0.1, -0.05) is 0 Å². The Morgan fingerprint density at radius 1 is 1.43 bits per heavy atom. The number of furan rings is 1. The number of nitrogens with one attached hydrogen (secondary N) is 1. The van der Waals surface area contributed by atoms with Crippen LogP contribution in [0.25, 0.3) is 0 Å². The molecule has 0 saturated heterocycles. The second-order valence-corrected chi connectivity index (χ2v) is 6.83. The molecule has 0 saturated carbocycles. The van der Waals surface area contributed by atoms with Gasteiger partial charge in [0.2, 0.25) is 21.7 Å². The second kappa shape index (κ2) is 6.27. The van der Waals surface area contributed by atoms with Gasteiger partial charge in [-0.2, -0.15) is 4.31 Å². The van der Waals surface area contributed by atoms with Crippen molar-refractivity contribution in [2.45, 2.75) is 31.7 Å². The molecule has 1 heterocycles. The molecule has 1 aromatic heterocycles. The number of carbonyl (C=O) groups excluding carboxylic acids is 1. The van der Waals surface area contributed by atoms with Crippen molar-refractivity contribution in [1.82, 2.24) is 9.62 Å². The smallest absolute Gasteiger partial charge is 0.371 e. The minimum Gasteiger partial charge on any atom is -0.475 e. The first kappa shape index (κ1) is 17.2. The zero-order chi connectivity index (χ0) is 16.4. The average Bonchev–Trinajstić information content (AvgIpc) is 2.70. The van der Waals surface area contributed by atoms with Crippen LogP contribution >= 0.6 is 0 Å². The Morgan fingerprint density at radius 2 is 2.00 bits per heavy atom. The van der Waals surface area contributed by atoms with E-state index >= 15 is 0 Å². The van der Waals surface area contributed by atoms with Crippen molar-refractivity contribution >= 4 is 21.9 Å². The van der Waals surface area contributed by atoms with E-state index in [1.165, 1.54) is 14.0 Å². The van der Waals surface area contributed by atoms with E-state index in [1.54, 1.807) is 13.8 Å². The van der Waals surface area contributed by atoms with Crippen LogP contribution in [0.2, 0.25) is 0 Å². The van der Waals surface area contributed by atoms with E-state index in [2.05, 4.69) is 5.32 Å². The summed E-state index contributed by atoms with van der Waals surface area (Å²) in [7, 11) is -2.76. The van der Waals surface area contributed by atoms with Crippen LogP contribution in [0.4, 0.5) is 0 Å². The molecule has 0 aliphatic rings. The van der Waals surface area contributed by atoms with Crippen molar-refractivity contribution < 1.29 is 27.5 Å². The zero-order valence-electron chi connectivity index (χ0n) is 12.2. The monoisotopic (exact) mass is 318 g/mol. The van der Waals surface area contributed by atoms with Crippen molar-refractivity contribution in [2.24, 2.45) is 0 Å². The number of carboxylic acid groups (broad SMARTS) is 1. The minimum atomic E-state index is -4.00. The van der Waals surface area contributed by atoms with E-state index in [0.717, 1.165) is 10.4 Å². The number of aryl methyl sites for hydroxylation is 1. The lowest BCUT2D eigenvalue weighted by Crippen LogP contribution is -2.40. The molecule has 0 aliphatic carbocycles. The van der Waals surface area contributed by atoms with Crippen LogP contribution in [-0.4, -0.2) is 49.3 Å². The molecule has 0 spiro atoms. The molecule has 0 unspecified atom stereocenters. The van der Waals surface area contributed by atoms with Gasteiger partial charge in [0.25, 0.3) is 0 Å². The summed E-state index contributed by atoms with van der Waals surface area (Å²) in [6, 6.07) is 0.826. The Hall–Kier alpha value is -1.87. The Bertz CT molecular complexity index is 647. The molecule has 0 bridgehead atoms. The van der Waals surface area contributed by atoms with Gasteiger partial charge >= 0.3 is 5.97 Å². The summed E-state index contributed by atoms with van der Waals surface area (Å²) in [4.78, 5) is 22.1. The van der Waals surface area contributed by atoms with E-state index in [4.69, 9.17) is 9.52 Å². The molecule has 21 heavy (non-hydrogen) atoms. The van der Waals surface area contributed by atoms with Crippen LogP contribution in [0.5, 0.6) is 0 Å². The average molecular weight is 318 g/mol. The highest BCUT2D eigenvalue weighted by atomic mass is 32.2. The number of carbonyl (C=O) groups is 2. The first-order valence-electron chi connectivity index (χ1n) is 6.15. The summed E-state index contributed by atoms with van der Waals surface area (Å²) in [5, 5.41) is 11.4. The molecule has 0 radical (unpaired) electrons. The van der Waals surface area contributed by atoms with Crippen LogP contribution in [0.1, 0.15) is 30.2 Å². The van der Waals surface area contributed by atoms with Gasteiger partial charge in [0.05, 0.1) is 6.54 Å². The lowest BCUT2D eigenvalue weighted by atomic mass is 10.4. The highest BCUT2D eigenvalue weighted by Crippen LogP contribution is 2.22. The maximum Gasteiger partial charge on any atom is 0.371 e. The maximum absolute atomic E-state index is 12.3. The molecule has 0 aromatic carbocycles. The zero-order valence-corrected chi connectivity index (χ0v) is 13.0. The third-order valence-corrected chi connectivity index (χ3v) is 4.50. The van der Waals surface area contributed by atoms with Gasteiger partial charge < -0.3 is 14.8 Å². The Balaban J connectivity index is 3.00. The molecule has 2 N–H and O–H groups in total. The number of hydrogen-bond donors (Lipinski definition) is 2. The summed E-state index contributed by atoms with van der Waals surface area (Å²) in [6.07, 6.45) is 0. The number of carboxylic acids is 1. The predicted molar refractivity (Wildman–Crippen MR) is 73.5 cm³/mol. The van der Waals surface area contributed by atoms with Crippen molar-refractivity contribution in [2.75, 3.05) is 13.6 Å². The largest absolute Gasteiger partial charge is 0.475 e. The summed E-state index contributed by atoms with van der Waals surface area (Å²) in [5.74, 6) is -2.31. The van der Waals surface area contributed by atoms with Gasteiger partial charge in [-0.15, -0.1) is 0 Å². The molecule has 0 atom stereocenters.